The molecule has 1 aliphatic carbocycles. The summed E-state index contributed by atoms with van der Waals surface area (Å²) in [6.07, 6.45) is 2.27. The van der Waals surface area contributed by atoms with Crippen LogP contribution in [0.3, 0.4) is 0 Å². The quantitative estimate of drug-likeness (QED) is 0.896. The zero-order valence-corrected chi connectivity index (χ0v) is 12.4. The Kier molecular flexibility index (Phi) is 3.47. The fourth-order valence-electron chi connectivity index (χ4n) is 2.65. The fraction of sp³-hybridized carbons (Fsp3) is 0.250. The van der Waals surface area contributed by atoms with Gasteiger partial charge >= 0.3 is 0 Å². The second-order valence-corrected chi connectivity index (χ2v) is 5.63. The summed E-state index contributed by atoms with van der Waals surface area (Å²) in [5.41, 5.74) is 3.98. The summed E-state index contributed by atoms with van der Waals surface area (Å²) in [7, 11) is 1.69. The minimum Gasteiger partial charge on any atom is -0.497 e. The van der Waals surface area contributed by atoms with Gasteiger partial charge in [0.15, 0.2) is 0 Å². The molecular formula is C16H16BrNO. The summed E-state index contributed by atoms with van der Waals surface area (Å²) in [6.45, 7) is 0. The van der Waals surface area contributed by atoms with Crippen LogP contribution in [0.4, 0.5) is 5.69 Å². The molecule has 2 aromatic rings. The fourth-order valence-corrected chi connectivity index (χ4v) is 3.23. The third-order valence-electron chi connectivity index (χ3n) is 3.64. The van der Waals surface area contributed by atoms with E-state index in [-0.39, 0.29) is 0 Å². The molecule has 0 aliphatic heterocycles. The van der Waals surface area contributed by atoms with Gasteiger partial charge < -0.3 is 10.1 Å². The summed E-state index contributed by atoms with van der Waals surface area (Å²) < 4.78 is 6.40. The number of hydrogen-bond acceptors (Lipinski definition) is 2. The van der Waals surface area contributed by atoms with Crippen LogP contribution in [-0.4, -0.2) is 7.11 Å². The summed E-state index contributed by atoms with van der Waals surface area (Å²) in [5.74, 6) is 0.889. The van der Waals surface area contributed by atoms with Crippen LogP contribution < -0.4 is 10.1 Å². The van der Waals surface area contributed by atoms with Crippen LogP contribution in [0.5, 0.6) is 5.75 Å². The molecule has 0 fully saturated rings. The number of benzene rings is 2. The molecule has 0 heterocycles. The minimum atomic E-state index is 0.404. The van der Waals surface area contributed by atoms with Crippen LogP contribution in [-0.2, 0) is 6.42 Å². The maximum absolute atomic E-state index is 5.18. The van der Waals surface area contributed by atoms with Crippen molar-refractivity contribution in [2.45, 2.75) is 18.9 Å². The van der Waals surface area contributed by atoms with E-state index in [1.54, 1.807) is 7.11 Å². The number of hydrogen-bond donors (Lipinski definition) is 1. The number of halogens is 1. The molecule has 0 aromatic heterocycles. The van der Waals surface area contributed by atoms with Crippen molar-refractivity contribution in [3.63, 3.8) is 0 Å². The van der Waals surface area contributed by atoms with Crippen molar-refractivity contribution in [1.29, 1.82) is 0 Å². The SMILES string of the molecule is COc1ccc(NC2CCc3c(Br)cccc32)cc1. The van der Waals surface area contributed by atoms with E-state index in [0.717, 1.165) is 24.3 Å². The highest BCUT2D eigenvalue weighted by molar-refractivity contribution is 9.10. The van der Waals surface area contributed by atoms with Crippen molar-refractivity contribution in [3.8, 4) is 5.75 Å². The summed E-state index contributed by atoms with van der Waals surface area (Å²) >= 11 is 3.63. The van der Waals surface area contributed by atoms with E-state index in [4.69, 9.17) is 4.74 Å². The van der Waals surface area contributed by atoms with Crippen LogP contribution >= 0.6 is 15.9 Å². The standard InChI is InChI=1S/C16H16BrNO/c1-19-12-7-5-11(6-8-12)18-16-10-9-13-14(16)3-2-4-15(13)17/h2-8,16,18H,9-10H2,1H3. The molecule has 1 aliphatic rings. The van der Waals surface area contributed by atoms with Gasteiger partial charge in [0, 0.05) is 10.2 Å². The maximum Gasteiger partial charge on any atom is 0.119 e. The highest BCUT2D eigenvalue weighted by Crippen LogP contribution is 2.37. The van der Waals surface area contributed by atoms with E-state index >= 15 is 0 Å². The predicted molar refractivity (Wildman–Crippen MR) is 81.8 cm³/mol. The van der Waals surface area contributed by atoms with Crippen LogP contribution in [0.1, 0.15) is 23.6 Å². The van der Waals surface area contributed by atoms with E-state index in [2.05, 4.69) is 51.6 Å². The van der Waals surface area contributed by atoms with Crippen molar-refractivity contribution >= 4 is 21.6 Å². The minimum absolute atomic E-state index is 0.404. The topological polar surface area (TPSA) is 21.3 Å². The van der Waals surface area contributed by atoms with Crippen LogP contribution in [0.25, 0.3) is 0 Å². The van der Waals surface area contributed by atoms with Gasteiger partial charge in [0.2, 0.25) is 0 Å². The van der Waals surface area contributed by atoms with Crippen molar-refractivity contribution in [3.05, 3.63) is 58.1 Å². The second kappa shape index (κ2) is 5.25. The van der Waals surface area contributed by atoms with E-state index in [0.29, 0.717) is 6.04 Å². The Morgan fingerprint density at radius 3 is 2.68 bits per heavy atom. The molecular weight excluding hydrogens is 302 g/mol. The van der Waals surface area contributed by atoms with Crippen LogP contribution in [0.15, 0.2) is 46.9 Å². The molecule has 1 N–H and O–H groups in total. The number of rotatable bonds is 3. The lowest BCUT2D eigenvalue weighted by Crippen LogP contribution is -2.06. The normalized spacial score (nSPS) is 17.1. The monoisotopic (exact) mass is 317 g/mol. The van der Waals surface area contributed by atoms with Gasteiger partial charge in [0.1, 0.15) is 5.75 Å². The van der Waals surface area contributed by atoms with Gasteiger partial charge in [-0.2, -0.15) is 0 Å². The van der Waals surface area contributed by atoms with Gasteiger partial charge in [0.25, 0.3) is 0 Å². The average molecular weight is 318 g/mol. The Balaban J connectivity index is 1.80. The van der Waals surface area contributed by atoms with Gasteiger partial charge in [-0.25, -0.2) is 0 Å². The smallest absolute Gasteiger partial charge is 0.119 e. The Morgan fingerprint density at radius 2 is 1.95 bits per heavy atom. The highest BCUT2D eigenvalue weighted by Gasteiger charge is 2.23. The third-order valence-corrected chi connectivity index (χ3v) is 4.39. The van der Waals surface area contributed by atoms with E-state index in [1.165, 1.54) is 15.6 Å². The van der Waals surface area contributed by atoms with Crippen LogP contribution in [0.2, 0.25) is 0 Å². The first-order chi connectivity index (χ1) is 9.28. The molecule has 0 bridgehead atoms. The average Bonchev–Trinajstić information content (AvgIpc) is 2.84. The zero-order valence-electron chi connectivity index (χ0n) is 10.8. The molecule has 2 nitrogen and oxygen atoms in total. The second-order valence-electron chi connectivity index (χ2n) is 4.77. The Bertz CT molecular complexity index is 580. The Labute approximate surface area is 121 Å². The highest BCUT2D eigenvalue weighted by atomic mass is 79.9. The van der Waals surface area contributed by atoms with Crippen molar-refractivity contribution in [2.75, 3.05) is 12.4 Å². The molecule has 1 unspecified atom stereocenters. The molecule has 0 radical (unpaired) electrons. The first-order valence-corrected chi connectivity index (χ1v) is 7.25. The summed E-state index contributed by atoms with van der Waals surface area (Å²) in [6, 6.07) is 14.9. The van der Waals surface area contributed by atoms with Crippen molar-refractivity contribution in [2.24, 2.45) is 0 Å². The number of methoxy groups -OCH3 is 1. The molecule has 2 aromatic carbocycles. The molecule has 3 rings (SSSR count). The van der Waals surface area contributed by atoms with Gasteiger partial charge in [-0.15, -0.1) is 0 Å². The van der Waals surface area contributed by atoms with E-state index in [1.807, 2.05) is 12.1 Å². The van der Waals surface area contributed by atoms with E-state index < -0.39 is 0 Å². The molecule has 0 saturated heterocycles. The summed E-state index contributed by atoms with van der Waals surface area (Å²) in [5, 5.41) is 3.60. The van der Waals surface area contributed by atoms with Gasteiger partial charge in [-0.3, -0.25) is 0 Å². The van der Waals surface area contributed by atoms with Gasteiger partial charge in [-0.1, -0.05) is 28.1 Å². The molecule has 0 spiro atoms. The predicted octanol–water partition coefficient (Wildman–Crippen LogP) is 4.56. The Morgan fingerprint density at radius 1 is 1.16 bits per heavy atom. The molecule has 0 amide bonds. The van der Waals surface area contributed by atoms with E-state index in [9.17, 15) is 0 Å². The van der Waals surface area contributed by atoms with Gasteiger partial charge in [0.05, 0.1) is 13.2 Å². The van der Waals surface area contributed by atoms with Crippen molar-refractivity contribution < 1.29 is 4.74 Å². The number of ether oxygens (including phenoxy) is 1. The maximum atomic E-state index is 5.18. The molecule has 19 heavy (non-hydrogen) atoms. The molecule has 0 saturated carbocycles. The van der Waals surface area contributed by atoms with Crippen molar-refractivity contribution in [1.82, 2.24) is 0 Å². The Hall–Kier alpha value is -1.48. The lowest BCUT2D eigenvalue weighted by molar-refractivity contribution is 0.415. The number of fused-ring (bicyclic) bond motifs is 1. The lowest BCUT2D eigenvalue weighted by Gasteiger charge is -2.16. The molecule has 98 valence electrons. The molecule has 1 atom stereocenters. The number of nitrogens with one attached hydrogen (secondary N) is 1. The zero-order chi connectivity index (χ0) is 13.2. The number of anilines is 1. The first-order valence-electron chi connectivity index (χ1n) is 6.46. The van der Waals surface area contributed by atoms with Gasteiger partial charge in [-0.05, 0) is 54.3 Å². The van der Waals surface area contributed by atoms with Crippen LogP contribution in [0, 0.1) is 0 Å². The first kappa shape index (κ1) is 12.5. The molecule has 3 heteroatoms. The summed E-state index contributed by atoms with van der Waals surface area (Å²) in [4.78, 5) is 0. The third kappa shape index (κ3) is 2.47. The largest absolute Gasteiger partial charge is 0.497 e. The lowest BCUT2D eigenvalue weighted by atomic mass is 10.1.